The Bertz CT molecular complexity index is 347. The fourth-order valence-corrected chi connectivity index (χ4v) is 3.37. The van der Waals surface area contributed by atoms with Crippen LogP contribution in [0.2, 0.25) is 0 Å². The van der Waals surface area contributed by atoms with Gasteiger partial charge in [0, 0.05) is 5.92 Å². The summed E-state index contributed by atoms with van der Waals surface area (Å²) in [6.07, 6.45) is 7.37. The van der Waals surface area contributed by atoms with Crippen molar-refractivity contribution in [1.29, 1.82) is 0 Å². The van der Waals surface area contributed by atoms with E-state index in [9.17, 15) is 9.59 Å². The Morgan fingerprint density at radius 1 is 1.16 bits per heavy atom. The number of hydrogen-bond donors (Lipinski definition) is 2. The van der Waals surface area contributed by atoms with E-state index < -0.39 is 12.0 Å². The highest BCUT2D eigenvalue weighted by Gasteiger charge is 2.48. The summed E-state index contributed by atoms with van der Waals surface area (Å²) in [6.45, 7) is 3.65. The molecule has 108 valence electrons. The number of nitrogens with one attached hydrogen (secondary N) is 1. The van der Waals surface area contributed by atoms with E-state index in [4.69, 9.17) is 5.11 Å². The van der Waals surface area contributed by atoms with E-state index in [0.29, 0.717) is 11.8 Å². The molecular formula is C15H25NO3. The van der Waals surface area contributed by atoms with Crippen molar-refractivity contribution in [3.05, 3.63) is 0 Å². The molecule has 0 aromatic carbocycles. The fourth-order valence-electron chi connectivity index (χ4n) is 3.37. The topological polar surface area (TPSA) is 66.4 Å². The molecule has 0 bridgehead atoms. The first-order valence-electron chi connectivity index (χ1n) is 7.54. The number of rotatable bonds is 5. The van der Waals surface area contributed by atoms with Gasteiger partial charge in [0.1, 0.15) is 6.04 Å². The third-order valence-electron chi connectivity index (χ3n) is 4.66. The molecule has 2 rings (SSSR count). The quantitative estimate of drug-likeness (QED) is 0.804. The van der Waals surface area contributed by atoms with Crippen LogP contribution in [0, 0.1) is 23.7 Å². The minimum atomic E-state index is -0.932. The number of hydrogen-bond acceptors (Lipinski definition) is 2. The summed E-state index contributed by atoms with van der Waals surface area (Å²) in [5, 5.41) is 11.8. The zero-order valence-corrected chi connectivity index (χ0v) is 11.9. The molecule has 2 aliphatic rings. The maximum absolute atomic E-state index is 12.1. The van der Waals surface area contributed by atoms with E-state index in [1.807, 2.05) is 13.8 Å². The van der Waals surface area contributed by atoms with Crippen LogP contribution >= 0.6 is 0 Å². The van der Waals surface area contributed by atoms with E-state index >= 15 is 0 Å². The number of amides is 1. The number of carbonyl (C=O) groups excluding carboxylic acids is 1. The molecule has 19 heavy (non-hydrogen) atoms. The first kappa shape index (κ1) is 14.4. The van der Waals surface area contributed by atoms with E-state index in [0.717, 1.165) is 6.42 Å². The van der Waals surface area contributed by atoms with Crippen molar-refractivity contribution in [2.45, 2.75) is 58.4 Å². The Labute approximate surface area is 115 Å². The Morgan fingerprint density at radius 3 is 2.32 bits per heavy atom. The highest BCUT2D eigenvalue weighted by atomic mass is 16.4. The van der Waals surface area contributed by atoms with Crippen LogP contribution in [0.4, 0.5) is 0 Å². The van der Waals surface area contributed by atoms with E-state index in [2.05, 4.69) is 5.32 Å². The average Bonchev–Trinajstić information content (AvgIpc) is 3.16. The lowest BCUT2D eigenvalue weighted by Gasteiger charge is -2.22. The second kappa shape index (κ2) is 5.93. The molecule has 2 fully saturated rings. The van der Waals surface area contributed by atoms with Gasteiger partial charge in [0.05, 0.1) is 0 Å². The maximum Gasteiger partial charge on any atom is 0.326 e. The van der Waals surface area contributed by atoms with E-state index in [1.165, 1.54) is 32.1 Å². The molecule has 2 N–H and O–H groups in total. The summed E-state index contributed by atoms with van der Waals surface area (Å²) >= 11 is 0. The van der Waals surface area contributed by atoms with Crippen LogP contribution in [-0.2, 0) is 9.59 Å². The van der Waals surface area contributed by atoms with Crippen LogP contribution in [0.3, 0.4) is 0 Å². The predicted octanol–water partition coefficient (Wildman–Crippen LogP) is 2.43. The van der Waals surface area contributed by atoms with Crippen LogP contribution < -0.4 is 5.32 Å². The highest BCUT2D eigenvalue weighted by Crippen LogP contribution is 2.49. The standard InChI is InChI=1S/C15H25NO3/c1-9(2)13(15(18)19)16-14(17)12-8-11(12)10-6-4-3-5-7-10/h9-13H,3-8H2,1-2H3,(H,16,17)(H,18,19)/t11?,12?,13-/m1/s1. The molecule has 3 atom stereocenters. The minimum Gasteiger partial charge on any atom is -0.480 e. The van der Waals surface area contributed by atoms with Crippen LogP contribution in [0.1, 0.15) is 52.4 Å². The van der Waals surface area contributed by atoms with Gasteiger partial charge in [-0.3, -0.25) is 4.79 Å². The van der Waals surface area contributed by atoms with Crippen molar-refractivity contribution < 1.29 is 14.7 Å². The Balaban J connectivity index is 1.83. The van der Waals surface area contributed by atoms with Crippen molar-refractivity contribution in [1.82, 2.24) is 5.32 Å². The highest BCUT2D eigenvalue weighted by molar-refractivity contribution is 5.86. The van der Waals surface area contributed by atoms with Gasteiger partial charge in [-0.15, -0.1) is 0 Å². The molecule has 2 aliphatic carbocycles. The number of carboxylic acids is 1. The molecule has 0 aromatic heterocycles. The second-order valence-corrected chi connectivity index (χ2v) is 6.47. The fraction of sp³-hybridized carbons (Fsp3) is 0.867. The molecule has 0 aliphatic heterocycles. The molecule has 0 aromatic rings. The van der Waals surface area contributed by atoms with Gasteiger partial charge in [0.15, 0.2) is 0 Å². The summed E-state index contributed by atoms with van der Waals surface area (Å²) in [4.78, 5) is 23.2. The number of carbonyl (C=O) groups is 2. The maximum atomic E-state index is 12.1. The average molecular weight is 267 g/mol. The molecule has 0 heterocycles. The number of carboxylic acid groups (broad SMARTS) is 1. The molecule has 4 nitrogen and oxygen atoms in total. The first-order valence-corrected chi connectivity index (χ1v) is 7.54. The summed E-state index contributed by atoms with van der Waals surface area (Å²) < 4.78 is 0. The molecule has 1 amide bonds. The van der Waals surface area contributed by atoms with Crippen LogP contribution in [-0.4, -0.2) is 23.0 Å². The number of aliphatic carboxylic acids is 1. The van der Waals surface area contributed by atoms with Crippen molar-refractivity contribution in [3.8, 4) is 0 Å². The van der Waals surface area contributed by atoms with Gasteiger partial charge in [-0.2, -0.15) is 0 Å². The summed E-state index contributed by atoms with van der Waals surface area (Å²) in [6, 6.07) is -0.750. The zero-order chi connectivity index (χ0) is 14.0. The smallest absolute Gasteiger partial charge is 0.326 e. The molecule has 0 spiro atoms. The van der Waals surface area contributed by atoms with Crippen molar-refractivity contribution in [2.24, 2.45) is 23.7 Å². The van der Waals surface area contributed by atoms with Crippen LogP contribution in [0.25, 0.3) is 0 Å². The van der Waals surface area contributed by atoms with Gasteiger partial charge in [-0.05, 0) is 24.2 Å². The summed E-state index contributed by atoms with van der Waals surface area (Å²) in [5.74, 6) is 0.237. The third kappa shape index (κ3) is 3.48. The van der Waals surface area contributed by atoms with Gasteiger partial charge in [-0.1, -0.05) is 46.0 Å². The van der Waals surface area contributed by atoms with Gasteiger partial charge in [0.2, 0.25) is 5.91 Å². The molecule has 2 saturated carbocycles. The largest absolute Gasteiger partial charge is 0.480 e. The Morgan fingerprint density at radius 2 is 1.79 bits per heavy atom. The molecule has 0 saturated heterocycles. The first-order chi connectivity index (χ1) is 9.00. The van der Waals surface area contributed by atoms with Crippen molar-refractivity contribution >= 4 is 11.9 Å². The SMILES string of the molecule is CC(C)[C@@H](NC(=O)C1CC1C1CCCCC1)C(=O)O. The molecule has 4 heteroatoms. The van der Waals surface area contributed by atoms with Gasteiger partial charge >= 0.3 is 5.97 Å². The summed E-state index contributed by atoms with van der Waals surface area (Å²) in [7, 11) is 0. The van der Waals surface area contributed by atoms with Gasteiger partial charge in [-0.25, -0.2) is 4.79 Å². The lowest BCUT2D eigenvalue weighted by molar-refractivity contribution is -0.143. The van der Waals surface area contributed by atoms with Crippen molar-refractivity contribution in [3.63, 3.8) is 0 Å². The zero-order valence-electron chi connectivity index (χ0n) is 11.9. The van der Waals surface area contributed by atoms with Crippen LogP contribution in [0.15, 0.2) is 0 Å². The predicted molar refractivity (Wildman–Crippen MR) is 72.6 cm³/mol. The lowest BCUT2D eigenvalue weighted by atomic mass is 9.85. The van der Waals surface area contributed by atoms with E-state index in [-0.39, 0.29) is 17.7 Å². The monoisotopic (exact) mass is 267 g/mol. The molecular weight excluding hydrogens is 242 g/mol. The van der Waals surface area contributed by atoms with Crippen LogP contribution in [0.5, 0.6) is 0 Å². The second-order valence-electron chi connectivity index (χ2n) is 6.47. The summed E-state index contributed by atoms with van der Waals surface area (Å²) in [5.41, 5.74) is 0. The van der Waals surface area contributed by atoms with Gasteiger partial charge in [0.25, 0.3) is 0 Å². The molecule has 2 unspecified atom stereocenters. The Hall–Kier alpha value is -1.06. The third-order valence-corrected chi connectivity index (χ3v) is 4.66. The van der Waals surface area contributed by atoms with Crippen molar-refractivity contribution in [2.75, 3.05) is 0 Å². The van der Waals surface area contributed by atoms with E-state index in [1.54, 1.807) is 0 Å². The Kier molecular flexibility index (Phi) is 4.48. The normalized spacial score (nSPS) is 29.0. The molecule has 0 radical (unpaired) electrons. The van der Waals surface area contributed by atoms with Gasteiger partial charge < -0.3 is 10.4 Å². The lowest BCUT2D eigenvalue weighted by Crippen LogP contribution is -2.45. The minimum absolute atomic E-state index is 0.0447.